The lowest BCUT2D eigenvalue weighted by atomic mass is 9.72. The van der Waals surface area contributed by atoms with E-state index in [4.69, 9.17) is 9.47 Å². The van der Waals surface area contributed by atoms with Gasteiger partial charge in [0.2, 0.25) is 0 Å². The number of carboxylic acids is 1. The molecule has 1 unspecified atom stereocenters. The molecule has 2 saturated heterocycles. The van der Waals surface area contributed by atoms with Crippen molar-refractivity contribution < 1.29 is 19.4 Å². The Hall–Kier alpha value is -2.38. The topological polar surface area (TPSA) is 76.8 Å². The third kappa shape index (κ3) is 3.44. The monoisotopic (exact) mass is 371 g/mol. The molecule has 7 heteroatoms. The van der Waals surface area contributed by atoms with Crippen molar-refractivity contribution in [1.29, 1.82) is 0 Å². The van der Waals surface area contributed by atoms with Crippen molar-refractivity contribution in [2.75, 3.05) is 33.4 Å². The number of likely N-dealkylation sites (tertiary alicyclic amines) is 1. The summed E-state index contributed by atoms with van der Waals surface area (Å²) in [5, 5.41) is 14.2. The average molecular weight is 371 g/mol. The van der Waals surface area contributed by atoms with E-state index in [0.29, 0.717) is 26.3 Å². The number of ether oxygens (including phenoxy) is 2. The van der Waals surface area contributed by atoms with Crippen LogP contribution < -0.4 is 4.74 Å². The first-order valence-electron chi connectivity index (χ1n) is 9.31. The Balaban J connectivity index is 1.61. The standard InChI is InChI=1S/C20H25N3O4/c1-26-16-3-4-18(23-8-2-7-21-23)15(11-16)12-22-13-17(19(24)25)20(14-22)5-9-27-10-6-20/h2-4,7-8,11,17H,5-6,9-10,12-14H2,1H3,(H,24,25). The smallest absolute Gasteiger partial charge is 0.308 e. The van der Waals surface area contributed by atoms with Gasteiger partial charge in [-0.2, -0.15) is 5.10 Å². The van der Waals surface area contributed by atoms with E-state index >= 15 is 0 Å². The fraction of sp³-hybridized carbons (Fsp3) is 0.500. The van der Waals surface area contributed by atoms with Gasteiger partial charge < -0.3 is 14.6 Å². The Morgan fingerprint density at radius 1 is 1.41 bits per heavy atom. The number of aromatic nitrogens is 2. The Morgan fingerprint density at radius 2 is 2.22 bits per heavy atom. The molecule has 0 amide bonds. The van der Waals surface area contributed by atoms with E-state index in [1.54, 1.807) is 13.3 Å². The van der Waals surface area contributed by atoms with Crippen LogP contribution in [-0.4, -0.2) is 59.2 Å². The van der Waals surface area contributed by atoms with Gasteiger partial charge in [-0.25, -0.2) is 4.68 Å². The lowest BCUT2D eigenvalue weighted by Crippen LogP contribution is -2.40. The molecular formula is C20H25N3O4. The molecule has 2 fully saturated rings. The molecule has 1 spiro atoms. The zero-order valence-electron chi connectivity index (χ0n) is 15.5. The summed E-state index contributed by atoms with van der Waals surface area (Å²) in [4.78, 5) is 14.2. The molecule has 0 bridgehead atoms. The van der Waals surface area contributed by atoms with E-state index in [9.17, 15) is 9.90 Å². The van der Waals surface area contributed by atoms with Crippen molar-refractivity contribution in [2.45, 2.75) is 19.4 Å². The summed E-state index contributed by atoms with van der Waals surface area (Å²) in [6, 6.07) is 7.82. The van der Waals surface area contributed by atoms with Crippen LogP contribution in [0.25, 0.3) is 5.69 Å². The first-order valence-corrected chi connectivity index (χ1v) is 9.31. The summed E-state index contributed by atoms with van der Waals surface area (Å²) in [7, 11) is 1.65. The summed E-state index contributed by atoms with van der Waals surface area (Å²) < 4.78 is 12.7. The molecule has 4 rings (SSSR count). The quantitative estimate of drug-likeness (QED) is 0.868. The Bertz CT molecular complexity index is 800. The number of carboxylic acid groups (broad SMARTS) is 1. The van der Waals surface area contributed by atoms with Crippen molar-refractivity contribution in [2.24, 2.45) is 11.3 Å². The predicted molar refractivity (Wildman–Crippen MR) is 99.0 cm³/mol. The molecule has 27 heavy (non-hydrogen) atoms. The lowest BCUT2D eigenvalue weighted by Gasteiger charge is -2.36. The number of nitrogens with zero attached hydrogens (tertiary/aromatic N) is 3. The van der Waals surface area contributed by atoms with Crippen LogP contribution in [0.15, 0.2) is 36.7 Å². The fourth-order valence-electron chi connectivity index (χ4n) is 4.51. The van der Waals surface area contributed by atoms with Gasteiger partial charge in [0.05, 0.1) is 18.7 Å². The summed E-state index contributed by atoms with van der Waals surface area (Å²) in [6.07, 6.45) is 5.28. The van der Waals surface area contributed by atoms with E-state index in [1.165, 1.54) is 0 Å². The number of carbonyl (C=O) groups is 1. The molecule has 0 aliphatic carbocycles. The van der Waals surface area contributed by atoms with Gasteiger partial charge in [-0.1, -0.05) is 0 Å². The van der Waals surface area contributed by atoms with Crippen LogP contribution in [0.4, 0.5) is 0 Å². The summed E-state index contributed by atoms with van der Waals surface area (Å²) in [5.74, 6) is -0.256. The van der Waals surface area contributed by atoms with E-state index < -0.39 is 5.97 Å². The van der Waals surface area contributed by atoms with Crippen molar-refractivity contribution in [1.82, 2.24) is 14.7 Å². The minimum absolute atomic E-state index is 0.186. The minimum Gasteiger partial charge on any atom is -0.497 e. The number of hydrogen-bond donors (Lipinski definition) is 1. The molecule has 1 aromatic carbocycles. The molecule has 2 aliphatic rings. The van der Waals surface area contributed by atoms with Crippen LogP contribution in [0, 0.1) is 11.3 Å². The molecule has 2 aliphatic heterocycles. The Kier molecular flexibility index (Phi) is 4.88. The number of methoxy groups -OCH3 is 1. The molecule has 144 valence electrons. The average Bonchev–Trinajstić information content (AvgIpc) is 3.31. The van der Waals surface area contributed by atoms with E-state index in [0.717, 1.165) is 36.4 Å². The minimum atomic E-state index is -0.697. The zero-order chi connectivity index (χ0) is 18.9. The Labute approximate surface area is 158 Å². The van der Waals surface area contributed by atoms with Gasteiger partial charge in [0.15, 0.2) is 0 Å². The second kappa shape index (κ2) is 7.32. The maximum absolute atomic E-state index is 11.9. The van der Waals surface area contributed by atoms with Crippen molar-refractivity contribution in [3.63, 3.8) is 0 Å². The summed E-state index contributed by atoms with van der Waals surface area (Å²) in [5.41, 5.74) is 1.88. The summed E-state index contributed by atoms with van der Waals surface area (Å²) in [6.45, 7) is 3.30. The van der Waals surface area contributed by atoms with Crippen molar-refractivity contribution >= 4 is 5.97 Å². The number of aliphatic carboxylic acids is 1. The number of benzene rings is 1. The van der Waals surface area contributed by atoms with Gasteiger partial charge in [0, 0.05) is 50.7 Å². The molecular weight excluding hydrogens is 346 g/mol. The maximum Gasteiger partial charge on any atom is 0.308 e. The van der Waals surface area contributed by atoms with Gasteiger partial charge in [-0.05, 0) is 42.7 Å². The molecule has 0 radical (unpaired) electrons. The Morgan fingerprint density at radius 3 is 2.89 bits per heavy atom. The first kappa shape index (κ1) is 18.0. The van der Waals surface area contributed by atoms with Crippen LogP contribution >= 0.6 is 0 Å². The third-order valence-electron chi connectivity index (χ3n) is 5.94. The van der Waals surface area contributed by atoms with Crippen LogP contribution in [-0.2, 0) is 16.1 Å². The molecule has 2 aromatic rings. The van der Waals surface area contributed by atoms with Gasteiger partial charge in [-0.15, -0.1) is 0 Å². The largest absolute Gasteiger partial charge is 0.497 e. The highest BCUT2D eigenvalue weighted by Crippen LogP contribution is 2.45. The van der Waals surface area contributed by atoms with Gasteiger partial charge in [-0.3, -0.25) is 9.69 Å². The van der Waals surface area contributed by atoms with E-state index in [2.05, 4.69) is 10.00 Å². The third-order valence-corrected chi connectivity index (χ3v) is 5.94. The van der Waals surface area contributed by atoms with Crippen LogP contribution in [0.5, 0.6) is 5.75 Å². The van der Waals surface area contributed by atoms with E-state index in [1.807, 2.05) is 35.1 Å². The molecule has 1 atom stereocenters. The maximum atomic E-state index is 11.9. The highest BCUT2D eigenvalue weighted by atomic mass is 16.5. The van der Waals surface area contributed by atoms with Gasteiger partial charge >= 0.3 is 5.97 Å². The van der Waals surface area contributed by atoms with Gasteiger partial charge in [0.25, 0.3) is 0 Å². The van der Waals surface area contributed by atoms with Crippen LogP contribution in [0.3, 0.4) is 0 Å². The molecule has 3 heterocycles. The lowest BCUT2D eigenvalue weighted by molar-refractivity contribution is -0.147. The summed E-state index contributed by atoms with van der Waals surface area (Å²) >= 11 is 0. The predicted octanol–water partition coefficient (Wildman–Crippen LogP) is 2.19. The van der Waals surface area contributed by atoms with E-state index in [-0.39, 0.29) is 11.3 Å². The normalized spacial score (nSPS) is 22.2. The molecule has 1 aromatic heterocycles. The second-order valence-corrected chi connectivity index (χ2v) is 7.48. The number of hydrogen-bond acceptors (Lipinski definition) is 5. The second-order valence-electron chi connectivity index (χ2n) is 7.48. The highest BCUT2D eigenvalue weighted by molar-refractivity contribution is 5.72. The van der Waals surface area contributed by atoms with Crippen LogP contribution in [0.1, 0.15) is 18.4 Å². The molecule has 0 saturated carbocycles. The van der Waals surface area contributed by atoms with Crippen molar-refractivity contribution in [3.8, 4) is 11.4 Å². The molecule has 1 N–H and O–H groups in total. The highest BCUT2D eigenvalue weighted by Gasteiger charge is 2.50. The van der Waals surface area contributed by atoms with Gasteiger partial charge in [0.1, 0.15) is 5.75 Å². The zero-order valence-corrected chi connectivity index (χ0v) is 15.5. The fourth-order valence-corrected chi connectivity index (χ4v) is 4.51. The molecule has 7 nitrogen and oxygen atoms in total. The first-order chi connectivity index (χ1) is 13.1. The van der Waals surface area contributed by atoms with Crippen molar-refractivity contribution in [3.05, 3.63) is 42.2 Å². The SMILES string of the molecule is COc1ccc(-n2cccn2)c(CN2CC(C(=O)O)C3(CCOCC3)C2)c1. The number of rotatable bonds is 5. The van der Waals surface area contributed by atoms with Crippen LogP contribution in [0.2, 0.25) is 0 Å².